The third kappa shape index (κ3) is 4.10. The Bertz CT molecular complexity index is 1000. The van der Waals surface area contributed by atoms with Crippen LogP contribution in [0, 0.1) is 17.0 Å². The van der Waals surface area contributed by atoms with Crippen LogP contribution in [0.2, 0.25) is 0 Å². The minimum absolute atomic E-state index is 0.176. The monoisotopic (exact) mass is 420 g/mol. The van der Waals surface area contributed by atoms with Crippen LogP contribution in [0.25, 0.3) is 11.1 Å². The van der Waals surface area contributed by atoms with E-state index in [0.717, 1.165) is 65.4 Å². The summed E-state index contributed by atoms with van der Waals surface area (Å²) in [5, 5.41) is 12.4. The minimum atomic E-state index is -0.176. The summed E-state index contributed by atoms with van der Waals surface area (Å²) in [5.41, 5.74) is 9.82. The molecule has 2 heterocycles. The molecule has 0 aromatic heterocycles. The molecular weight excluding hydrogens is 392 g/mol. The van der Waals surface area contributed by atoms with Gasteiger partial charge in [-0.25, -0.2) is 0 Å². The number of nitrogens with zero attached hydrogens (tertiary/aromatic N) is 2. The molecule has 0 radical (unpaired) electrons. The molecule has 0 bridgehead atoms. The molecule has 1 amide bonds. The highest BCUT2D eigenvalue weighted by atomic mass is 16.5. The van der Waals surface area contributed by atoms with E-state index >= 15 is 0 Å². The predicted octanol–water partition coefficient (Wildman–Crippen LogP) is 3.03. The minimum Gasteiger partial charge on any atom is -0.595 e. The first-order valence-electron chi connectivity index (χ1n) is 11.0. The first kappa shape index (κ1) is 19.9. The van der Waals surface area contributed by atoms with E-state index in [1.165, 1.54) is 0 Å². The number of nitrogens with one attached hydrogen (secondary N) is 2. The average molecular weight is 421 g/mol. The first-order valence-corrected chi connectivity index (χ1v) is 11.0. The van der Waals surface area contributed by atoms with Crippen molar-refractivity contribution in [1.82, 2.24) is 15.9 Å². The van der Waals surface area contributed by atoms with Crippen molar-refractivity contribution in [3.8, 4) is 16.9 Å². The number of hydrazine groups is 2. The topological polar surface area (TPSA) is 79.7 Å². The molecule has 7 heteroatoms. The van der Waals surface area contributed by atoms with Gasteiger partial charge in [-0.3, -0.25) is 4.79 Å². The van der Waals surface area contributed by atoms with Crippen molar-refractivity contribution in [2.45, 2.75) is 31.7 Å². The number of carbonyl (C=O) groups excluding carboxylic acids is 1. The second-order valence-electron chi connectivity index (χ2n) is 8.75. The summed E-state index contributed by atoms with van der Waals surface area (Å²) >= 11 is 0. The summed E-state index contributed by atoms with van der Waals surface area (Å²) in [6.45, 7) is 1.57. The van der Waals surface area contributed by atoms with Crippen molar-refractivity contribution in [1.29, 1.82) is 0 Å². The summed E-state index contributed by atoms with van der Waals surface area (Å²) in [6, 6.07) is 16.1. The van der Waals surface area contributed by atoms with Gasteiger partial charge in [0.1, 0.15) is 11.8 Å². The number of amides is 1. The number of hydrogen-bond acceptors (Lipinski definition) is 5. The maximum atomic E-state index is 12.4. The third-order valence-corrected chi connectivity index (χ3v) is 6.57. The molecular formula is C24H28N4O3. The Balaban J connectivity index is 1.28. The molecule has 2 aromatic carbocycles. The lowest BCUT2D eigenvalue weighted by Gasteiger charge is -2.16. The van der Waals surface area contributed by atoms with Gasteiger partial charge in [0, 0.05) is 25.4 Å². The Hall–Kier alpha value is -3.06. The van der Waals surface area contributed by atoms with Gasteiger partial charge in [-0.2, -0.15) is 5.43 Å². The Morgan fingerprint density at radius 1 is 1.16 bits per heavy atom. The lowest BCUT2D eigenvalue weighted by atomic mass is 9.93. The number of methoxy groups -OCH3 is 1. The molecule has 1 saturated heterocycles. The van der Waals surface area contributed by atoms with Crippen molar-refractivity contribution >= 4 is 11.6 Å². The number of benzene rings is 2. The molecule has 7 nitrogen and oxygen atoms in total. The molecule has 0 spiro atoms. The smallest absolute Gasteiger partial charge is 0.225 e. The normalized spacial score (nSPS) is 23.2. The second-order valence-corrected chi connectivity index (χ2v) is 8.75. The molecule has 2 N–H and O–H groups in total. The number of ether oxygens (including phenoxy) is 1. The van der Waals surface area contributed by atoms with Crippen LogP contribution in [0.1, 0.15) is 37.3 Å². The number of hydrazone groups is 1. The number of hydrogen-bond donors (Lipinski definition) is 2. The van der Waals surface area contributed by atoms with Crippen LogP contribution >= 0.6 is 0 Å². The van der Waals surface area contributed by atoms with Crippen LogP contribution < -0.4 is 15.7 Å². The van der Waals surface area contributed by atoms with Gasteiger partial charge in [-0.15, -0.1) is 5.53 Å². The molecule has 162 valence electrons. The quantitative estimate of drug-likeness (QED) is 0.555. The van der Waals surface area contributed by atoms with Crippen molar-refractivity contribution in [3.05, 3.63) is 59.3 Å². The van der Waals surface area contributed by atoms with Crippen molar-refractivity contribution in [2.75, 3.05) is 20.2 Å². The van der Waals surface area contributed by atoms with Gasteiger partial charge in [0.2, 0.25) is 11.6 Å². The molecule has 1 aliphatic carbocycles. The molecule has 2 aliphatic heterocycles. The van der Waals surface area contributed by atoms with E-state index in [1.807, 2.05) is 23.1 Å². The van der Waals surface area contributed by atoms with Gasteiger partial charge >= 0.3 is 0 Å². The second kappa shape index (κ2) is 8.23. The standard InChI is InChI=1S/C24H28N4O3/c1-31-21-4-2-3-20(14-21)17-5-7-18(8-6-17)23-22(28(30)26-25-23)13-16-11-12-27(15-16)24(29)19-9-10-19/h2-8,14,16,19,23,25-26H,9-13,15H2,1H3/t16-,23?/m0/s1. The summed E-state index contributed by atoms with van der Waals surface area (Å²) in [5.74, 6) is 1.72. The van der Waals surface area contributed by atoms with Crippen LogP contribution in [0.4, 0.5) is 0 Å². The number of carbonyl (C=O) groups is 1. The van der Waals surface area contributed by atoms with E-state index in [-0.39, 0.29) is 12.0 Å². The molecule has 2 aromatic rings. The predicted molar refractivity (Wildman–Crippen MR) is 118 cm³/mol. The van der Waals surface area contributed by atoms with Crippen LogP contribution in [0.5, 0.6) is 5.75 Å². The van der Waals surface area contributed by atoms with Crippen LogP contribution in [-0.2, 0) is 4.79 Å². The molecule has 31 heavy (non-hydrogen) atoms. The van der Waals surface area contributed by atoms with Crippen LogP contribution in [0.15, 0.2) is 48.5 Å². The largest absolute Gasteiger partial charge is 0.595 e. The molecule has 2 fully saturated rings. The zero-order chi connectivity index (χ0) is 21.4. The van der Waals surface area contributed by atoms with Gasteiger partial charge in [0.15, 0.2) is 0 Å². The van der Waals surface area contributed by atoms with Gasteiger partial charge in [-0.1, -0.05) is 41.2 Å². The fourth-order valence-corrected chi connectivity index (χ4v) is 4.63. The maximum Gasteiger partial charge on any atom is 0.225 e. The van der Waals surface area contributed by atoms with Gasteiger partial charge in [0.05, 0.1) is 7.11 Å². The van der Waals surface area contributed by atoms with E-state index in [0.29, 0.717) is 18.2 Å². The number of likely N-dealkylation sites (tertiary alicyclic amines) is 1. The van der Waals surface area contributed by atoms with E-state index in [1.54, 1.807) is 7.11 Å². The summed E-state index contributed by atoms with van der Waals surface area (Å²) < 4.78 is 5.32. The Kier molecular flexibility index (Phi) is 5.28. The fraction of sp³-hybridized carbons (Fsp3) is 0.417. The van der Waals surface area contributed by atoms with E-state index < -0.39 is 0 Å². The maximum absolute atomic E-state index is 12.4. The highest BCUT2D eigenvalue weighted by Gasteiger charge is 2.39. The SMILES string of the molecule is COc1cccc(-c2ccc(C3NN[N+]([O-])=C3C[C@@H]3CCN(C(=O)C4CC4)C3)cc2)c1. The van der Waals surface area contributed by atoms with Gasteiger partial charge in [-0.05, 0) is 54.0 Å². The third-order valence-electron chi connectivity index (χ3n) is 6.57. The average Bonchev–Trinajstić information content (AvgIpc) is 3.46. The highest BCUT2D eigenvalue weighted by Crippen LogP contribution is 2.34. The Morgan fingerprint density at radius 2 is 1.97 bits per heavy atom. The van der Waals surface area contributed by atoms with Crippen LogP contribution in [0.3, 0.4) is 0 Å². The lowest BCUT2D eigenvalue weighted by Crippen LogP contribution is -2.31. The fourth-order valence-electron chi connectivity index (χ4n) is 4.63. The lowest BCUT2D eigenvalue weighted by molar-refractivity contribution is -0.523. The Labute approximate surface area is 182 Å². The summed E-state index contributed by atoms with van der Waals surface area (Å²) in [6.07, 6.45) is 3.71. The Morgan fingerprint density at radius 3 is 2.71 bits per heavy atom. The molecule has 1 saturated carbocycles. The van der Waals surface area contributed by atoms with E-state index in [9.17, 15) is 10.0 Å². The summed E-state index contributed by atoms with van der Waals surface area (Å²) in [7, 11) is 1.67. The van der Waals surface area contributed by atoms with Gasteiger partial charge < -0.3 is 14.8 Å². The van der Waals surface area contributed by atoms with E-state index in [2.05, 4.69) is 41.3 Å². The van der Waals surface area contributed by atoms with Crippen molar-refractivity contribution in [3.63, 3.8) is 0 Å². The van der Waals surface area contributed by atoms with Gasteiger partial charge in [0.25, 0.3) is 0 Å². The summed E-state index contributed by atoms with van der Waals surface area (Å²) in [4.78, 5) is 15.2. The van der Waals surface area contributed by atoms with E-state index in [4.69, 9.17) is 4.74 Å². The highest BCUT2D eigenvalue weighted by molar-refractivity contribution is 5.88. The first-order chi connectivity index (χ1) is 15.1. The zero-order valence-corrected chi connectivity index (χ0v) is 17.7. The number of rotatable bonds is 6. The molecule has 3 aliphatic rings. The molecule has 1 unspecified atom stereocenters. The molecule has 2 atom stereocenters. The van der Waals surface area contributed by atoms with Crippen molar-refractivity contribution < 1.29 is 14.4 Å². The van der Waals surface area contributed by atoms with Crippen molar-refractivity contribution in [2.24, 2.45) is 11.8 Å². The van der Waals surface area contributed by atoms with Crippen LogP contribution in [-0.4, -0.2) is 41.6 Å². The zero-order valence-electron chi connectivity index (χ0n) is 17.7. The molecule has 5 rings (SSSR count).